The summed E-state index contributed by atoms with van der Waals surface area (Å²) in [6.07, 6.45) is 9.30. The van der Waals surface area contributed by atoms with Crippen LogP contribution in [0.2, 0.25) is 0 Å². The fourth-order valence-electron chi connectivity index (χ4n) is 3.94. The first-order chi connectivity index (χ1) is 16.6. The van der Waals surface area contributed by atoms with Gasteiger partial charge in [-0.05, 0) is 55.8 Å². The molecule has 0 radical (unpaired) electrons. The van der Waals surface area contributed by atoms with E-state index in [2.05, 4.69) is 102 Å². The predicted octanol–water partition coefficient (Wildman–Crippen LogP) is 6.40. The smallest absolute Gasteiger partial charge is 0.223 e. The molecule has 0 saturated heterocycles. The molecule has 1 aliphatic rings. The molecular formula is C29H31N5. The minimum atomic E-state index is 0.580. The van der Waals surface area contributed by atoms with E-state index in [0.29, 0.717) is 12.5 Å². The van der Waals surface area contributed by atoms with Crippen LogP contribution in [0, 0.1) is 13.8 Å². The van der Waals surface area contributed by atoms with E-state index >= 15 is 0 Å². The highest BCUT2D eigenvalue weighted by molar-refractivity contribution is 5.90. The minimum absolute atomic E-state index is 0.580. The second-order valence-electron chi connectivity index (χ2n) is 8.37. The molecule has 1 aromatic heterocycles. The van der Waals surface area contributed by atoms with Gasteiger partial charge in [0, 0.05) is 31.0 Å². The van der Waals surface area contributed by atoms with Gasteiger partial charge in [-0.3, -0.25) is 4.99 Å². The first-order valence-electron chi connectivity index (χ1n) is 11.6. The molecule has 0 unspecified atom stereocenters. The molecule has 0 fully saturated rings. The van der Waals surface area contributed by atoms with Crippen LogP contribution in [0.1, 0.15) is 41.3 Å². The number of aliphatic imine (C=N–C) groups is 1. The topological polar surface area (TPSA) is 53.4 Å². The number of hydrogen-bond acceptors (Lipinski definition) is 5. The van der Waals surface area contributed by atoms with E-state index in [4.69, 9.17) is 4.98 Å². The van der Waals surface area contributed by atoms with E-state index in [1.807, 2.05) is 18.2 Å². The number of aryl methyl sites for hydroxylation is 2. The SMILES string of the molecule is C=N/C(=C(/c1ccnc(NCc2ccccc2C)n1)N1C=CC(CC)=CC1)c1ccc(C)cc1. The molecule has 4 rings (SSSR count). The summed E-state index contributed by atoms with van der Waals surface area (Å²) in [5, 5.41) is 3.38. The van der Waals surface area contributed by atoms with Crippen molar-refractivity contribution in [1.29, 1.82) is 0 Å². The number of rotatable bonds is 8. The van der Waals surface area contributed by atoms with Gasteiger partial charge in [-0.15, -0.1) is 0 Å². The van der Waals surface area contributed by atoms with E-state index in [0.717, 1.165) is 35.6 Å². The third-order valence-electron chi connectivity index (χ3n) is 6.02. The Morgan fingerprint density at radius 1 is 1.09 bits per heavy atom. The van der Waals surface area contributed by atoms with Crippen LogP contribution < -0.4 is 5.32 Å². The Kier molecular flexibility index (Phi) is 7.33. The molecule has 3 aromatic rings. The molecule has 2 heterocycles. The summed E-state index contributed by atoms with van der Waals surface area (Å²) in [5.41, 5.74) is 8.47. The van der Waals surface area contributed by atoms with Gasteiger partial charge in [0.15, 0.2) is 0 Å². The highest BCUT2D eigenvalue weighted by Crippen LogP contribution is 2.31. The molecule has 5 heteroatoms. The molecule has 1 N–H and O–H groups in total. The molecule has 5 nitrogen and oxygen atoms in total. The van der Waals surface area contributed by atoms with E-state index in [1.165, 1.54) is 22.3 Å². The zero-order valence-electron chi connectivity index (χ0n) is 20.1. The van der Waals surface area contributed by atoms with Crippen molar-refractivity contribution in [3.63, 3.8) is 0 Å². The van der Waals surface area contributed by atoms with Crippen molar-refractivity contribution in [3.05, 3.63) is 113 Å². The van der Waals surface area contributed by atoms with Crippen molar-refractivity contribution in [3.8, 4) is 0 Å². The van der Waals surface area contributed by atoms with E-state index in [1.54, 1.807) is 6.20 Å². The average molecular weight is 450 g/mol. The van der Waals surface area contributed by atoms with Crippen LogP contribution >= 0.6 is 0 Å². The normalized spacial score (nSPS) is 13.9. The van der Waals surface area contributed by atoms with Gasteiger partial charge in [0.25, 0.3) is 0 Å². The van der Waals surface area contributed by atoms with Crippen LogP contribution in [0.5, 0.6) is 0 Å². The fraction of sp³-hybridized carbons (Fsp3) is 0.207. The fourth-order valence-corrected chi connectivity index (χ4v) is 3.94. The summed E-state index contributed by atoms with van der Waals surface area (Å²) < 4.78 is 0. The van der Waals surface area contributed by atoms with Crippen LogP contribution in [-0.2, 0) is 6.54 Å². The van der Waals surface area contributed by atoms with Gasteiger partial charge in [0.05, 0.1) is 17.1 Å². The van der Waals surface area contributed by atoms with E-state index in [-0.39, 0.29) is 0 Å². The van der Waals surface area contributed by atoms with Gasteiger partial charge in [-0.2, -0.15) is 0 Å². The van der Waals surface area contributed by atoms with Crippen LogP contribution in [0.25, 0.3) is 11.4 Å². The van der Waals surface area contributed by atoms with Crippen LogP contribution in [0.15, 0.2) is 89.7 Å². The second kappa shape index (κ2) is 10.8. The van der Waals surface area contributed by atoms with Crippen molar-refractivity contribution in [2.75, 3.05) is 11.9 Å². The van der Waals surface area contributed by atoms with Crippen LogP contribution in [0.3, 0.4) is 0 Å². The molecule has 34 heavy (non-hydrogen) atoms. The van der Waals surface area contributed by atoms with Gasteiger partial charge in [0.1, 0.15) is 0 Å². The van der Waals surface area contributed by atoms with Gasteiger partial charge in [-0.25, -0.2) is 9.97 Å². The summed E-state index contributed by atoms with van der Waals surface area (Å²) in [6, 6.07) is 18.6. The summed E-state index contributed by atoms with van der Waals surface area (Å²) in [4.78, 5) is 16.0. The van der Waals surface area contributed by atoms with E-state index < -0.39 is 0 Å². The lowest BCUT2D eigenvalue weighted by atomic mass is 10.0. The molecular weight excluding hydrogens is 418 g/mol. The zero-order valence-corrected chi connectivity index (χ0v) is 20.1. The molecule has 172 valence electrons. The summed E-state index contributed by atoms with van der Waals surface area (Å²) in [5.74, 6) is 0.580. The largest absolute Gasteiger partial charge is 0.350 e. The second-order valence-corrected chi connectivity index (χ2v) is 8.37. The van der Waals surface area contributed by atoms with Crippen molar-refractivity contribution in [2.24, 2.45) is 4.99 Å². The average Bonchev–Trinajstić information content (AvgIpc) is 2.88. The summed E-state index contributed by atoms with van der Waals surface area (Å²) >= 11 is 0. The van der Waals surface area contributed by atoms with Gasteiger partial charge >= 0.3 is 0 Å². The van der Waals surface area contributed by atoms with Gasteiger partial charge < -0.3 is 10.2 Å². The molecule has 0 bridgehead atoms. The highest BCUT2D eigenvalue weighted by atomic mass is 15.2. The standard InChI is InChI=1S/C29H31N5/c1-5-23-15-18-34(19-16-23)28(27(30-4)24-12-10-21(2)11-13-24)26-14-17-31-29(33-26)32-20-25-9-7-6-8-22(25)3/h6-18H,4-5,19-20H2,1-3H3,(H,31,32,33)/b28-27-. The number of hydrogen-bond donors (Lipinski definition) is 1. The lowest BCUT2D eigenvalue weighted by Gasteiger charge is -2.27. The summed E-state index contributed by atoms with van der Waals surface area (Å²) in [7, 11) is 0. The summed E-state index contributed by atoms with van der Waals surface area (Å²) in [6.45, 7) is 11.7. The first-order valence-corrected chi connectivity index (χ1v) is 11.6. The van der Waals surface area contributed by atoms with Crippen molar-refractivity contribution in [2.45, 2.75) is 33.7 Å². The zero-order chi connectivity index (χ0) is 23.9. The Balaban J connectivity index is 1.73. The Morgan fingerprint density at radius 2 is 1.88 bits per heavy atom. The number of aromatic nitrogens is 2. The Bertz CT molecular complexity index is 1250. The Hall–Kier alpha value is -3.99. The monoisotopic (exact) mass is 449 g/mol. The highest BCUT2D eigenvalue weighted by Gasteiger charge is 2.20. The maximum atomic E-state index is 4.88. The predicted molar refractivity (Wildman–Crippen MR) is 142 cm³/mol. The molecule has 0 saturated carbocycles. The van der Waals surface area contributed by atoms with Gasteiger partial charge in [0.2, 0.25) is 5.95 Å². The number of nitrogens with zero attached hydrogens (tertiary/aromatic N) is 4. The molecule has 0 atom stereocenters. The molecule has 2 aromatic carbocycles. The van der Waals surface area contributed by atoms with Crippen molar-refractivity contribution >= 4 is 24.1 Å². The third kappa shape index (κ3) is 5.31. The van der Waals surface area contributed by atoms with Crippen LogP contribution in [-0.4, -0.2) is 28.1 Å². The molecule has 0 amide bonds. The molecule has 0 aliphatic carbocycles. The van der Waals surface area contributed by atoms with E-state index in [9.17, 15) is 0 Å². The number of benzene rings is 2. The van der Waals surface area contributed by atoms with Crippen LogP contribution in [0.4, 0.5) is 5.95 Å². The molecule has 1 aliphatic heterocycles. The minimum Gasteiger partial charge on any atom is -0.350 e. The first kappa shape index (κ1) is 23.2. The Morgan fingerprint density at radius 3 is 2.56 bits per heavy atom. The van der Waals surface area contributed by atoms with Crippen molar-refractivity contribution < 1.29 is 0 Å². The van der Waals surface area contributed by atoms with Gasteiger partial charge in [-0.1, -0.05) is 67.1 Å². The quantitative estimate of drug-likeness (QED) is 0.405. The maximum absolute atomic E-state index is 4.88. The lowest BCUT2D eigenvalue weighted by molar-refractivity contribution is 0.579. The lowest BCUT2D eigenvalue weighted by Crippen LogP contribution is -2.21. The van der Waals surface area contributed by atoms with Crippen molar-refractivity contribution in [1.82, 2.24) is 14.9 Å². The maximum Gasteiger partial charge on any atom is 0.223 e. The third-order valence-corrected chi connectivity index (χ3v) is 6.02. The molecule has 0 spiro atoms. The number of allylic oxidation sites excluding steroid dienone is 2. The number of nitrogens with one attached hydrogen (secondary N) is 1. The number of anilines is 1. The Labute approximate surface area is 202 Å².